The van der Waals surface area contributed by atoms with Gasteiger partial charge in [-0.05, 0) is 43.7 Å². The number of aryl methyl sites for hydroxylation is 1. The van der Waals surface area contributed by atoms with Gasteiger partial charge in [0.05, 0.1) is 23.6 Å². The Morgan fingerprint density at radius 2 is 1.83 bits per heavy atom. The number of benzene rings is 2. The predicted molar refractivity (Wildman–Crippen MR) is 118 cm³/mol. The Morgan fingerprint density at radius 3 is 2.53 bits per heavy atom. The van der Waals surface area contributed by atoms with Crippen LogP contribution in [0.15, 0.2) is 59.5 Å². The van der Waals surface area contributed by atoms with Crippen molar-refractivity contribution in [3.05, 3.63) is 76.7 Å². The molecule has 0 radical (unpaired) electrons. The average Bonchev–Trinajstić information content (AvgIpc) is 3.10. The number of halogens is 1. The highest BCUT2D eigenvalue weighted by atomic mass is 35.5. The summed E-state index contributed by atoms with van der Waals surface area (Å²) in [4.78, 5) is 13.6. The van der Waals surface area contributed by atoms with Crippen LogP contribution in [0.3, 0.4) is 0 Å². The smallest absolute Gasteiger partial charge is 0.360 e. The Labute approximate surface area is 183 Å². The molecule has 0 spiro atoms. The number of carbonyl (C=O) groups excluding carboxylic acids is 1. The summed E-state index contributed by atoms with van der Waals surface area (Å²) >= 11 is 7.55. The van der Waals surface area contributed by atoms with Crippen LogP contribution in [0.25, 0.3) is 16.8 Å². The number of thioether (sulfide) groups is 1. The largest absolute Gasteiger partial charge is 0.461 e. The van der Waals surface area contributed by atoms with Crippen LogP contribution in [0.2, 0.25) is 5.02 Å². The van der Waals surface area contributed by atoms with Gasteiger partial charge in [0.25, 0.3) is 0 Å². The average molecular weight is 439 g/mol. The van der Waals surface area contributed by atoms with Crippen molar-refractivity contribution < 1.29 is 9.53 Å². The van der Waals surface area contributed by atoms with Crippen LogP contribution < -0.4 is 0 Å². The molecule has 6 nitrogen and oxygen atoms in total. The van der Waals surface area contributed by atoms with E-state index in [1.54, 1.807) is 23.2 Å². The molecular weight excluding hydrogens is 420 g/mol. The van der Waals surface area contributed by atoms with Gasteiger partial charge < -0.3 is 4.74 Å². The summed E-state index contributed by atoms with van der Waals surface area (Å²) in [7, 11) is 0. The standard InChI is InChI=1S/C22H19ClN4O2S/c1-3-29-22(28)20-18(13-30-17-11-9-16(23)10-12-17)27-21(25-24-20)19(14(2)26-27)15-7-5-4-6-8-15/h4-12H,3,13H2,1-2H3. The zero-order valence-electron chi connectivity index (χ0n) is 16.5. The fraction of sp³-hybridized carbons (Fsp3) is 0.182. The van der Waals surface area contributed by atoms with Crippen molar-refractivity contribution in [1.82, 2.24) is 19.8 Å². The third-order valence-corrected chi connectivity index (χ3v) is 5.81. The highest BCUT2D eigenvalue weighted by molar-refractivity contribution is 7.98. The van der Waals surface area contributed by atoms with E-state index in [0.29, 0.717) is 22.1 Å². The summed E-state index contributed by atoms with van der Waals surface area (Å²) < 4.78 is 6.91. The van der Waals surface area contributed by atoms with Crippen LogP contribution in [-0.2, 0) is 10.5 Å². The van der Waals surface area contributed by atoms with Crippen molar-refractivity contribution in [1.29, 1.82) is 0 Å². The molecule has 4 rings (SSSR count). The Bertz CT molecular complexity index is 1190. The lowest BCUT2D eigenvalue weighted by Crippen LogP contribution is -2.16. The molecule has 2 heterocycles. The van der Waals surface area contributed by atoms with Crippen molar-refractivity contribution in [3.63, 3.8) is 0 Å². The van der Waals surface area contributed by atoms with Gasteiger partial charge in [0.1, 0.15) is 0 Å². The number of ether oxygens (including phenoxy) is 1. The topological polar surface area (TPSA) is 69.4 Å². The Kier molecular flexibility index (Phi) is 6.01. The minimum absolute atomic E-state index is 0.174. The number of esters is 1. The van der Waals surface area contributed by atoms with Gasteiger partial charge in [0.15, 0.2) is 11.3 Å². The molecule has 2 aromatic heterocycles. The Morgan fingerprint density at radius 1 is 1.10 bits per heavy atom. The fourth-order valence-corrected chi connectivity index (χ4v) is 4.18. The van der Waals surface area contributed by atoms with Gasteiger partial charge in [-0.1, -0.05) is 41.9 Å². The molecule has 0 atom stereocenters. The summed E-state index contributed by atoms with van der Waals surface area (Å²) in [6.07, 6.45) is 0. The third-order valence-electron chi connectivity index (χ3n) is 4.53. The quantitative estimate of drug-likeness (QED) is 0.303. The number of carbonyl (C=O) groups is 1. The second-order valence-corrected chi connectivity index (χ2v) is 8.01. The first-order chi connectivity index (χ1) is 14.6. The molecule has 8 heteroatoms. The molecule has 0 amide bonds. The van der Waals surface area contributed by atoms with Gasteiger partial charge in [-0.15, -0.1) is 22.0 Å². The first-order valence-electron chi connectivity index (χ1n) is 9.44. The lowest BCUT2D eigenvalue weighted by atomic mass is 10.1. The maximum Gasteiger partial charge on any atom is 0.360 e. The molecule has 4 aromatic rings. The van der Waals surface area contributed by atoms with Gasteiger partial charge in [-0.2, -0.15) is 5.10 Å². The number of rotatable bonds is 6. The van der Waals surface area contributed by atoms with Crippen LogP contribution in [0.1, 0.15) is 28.8 Å². The van der Waals surface area contributed by atoms with Crippen molar-refractivity contribution in [2.24, 2.45) is 0 Å². The van der Waals surface area contributed by atoms with Crippen LogP contribution >= 0.6 is 23.4 Å². The number of hydrogen-bond donors (Lipinski definition) is 0. The molecule has 0 saturated carbocycles. The van der Waals surface area contributed by atoms with E-state index in [0.717, 1.165) is 21.7 Å². The minimum Gasteiger partial charge on any atom is -0.461 e. The van der Waals surface area contributed by atoms with E-state index in [1.807, 2.05) is 61.5 Å². The third kappa shape index (κ3) is 4.04. The Balaban J connectivity index is 1.82. The van der Waals surface area contributed by atoms with Crippen molar-refractivity contribution in [2.75, 3.05) is 6.61 Å². The maximum atomic E-state index is 12.5. The van der Waals surface area contributed by atoms with Crippen molar-refractivity contribution in [3.8, 4) is 11.1 Å². The summed E-state index contributed by atoms with van der Waals surface area (Å²) in [5, 5.41) is 13.9. The van der Waals surface area contributed by atoms with Crippen LogP contribution in [0.5, 0.6) is 0 Å². The van der Waals surface area contributed by atoms with Crippen LogP contribution in [-0.4, -0.2) is 32.4 Å². The molecule has 30 heavy (non-hydrogen) atoms. The molecule has 152 valence electrons. The molecule has 0 aliphatic carbocycles. The molecule has 0 fully saturated rings. The monoisotopic (exact) mass is 438 g/mol. The van der Waals surface area contributed by atoms with E-state index in [2.05, 4.69) is 10.2 Å². The molecular formula is C22H19ClN4O2S. The first kappa shape index (κ1) is 20.4. The van der Waals surface area contributed by atoms with Crippen molar-refractivity contribution >= 4 is 35.0 Å². The van der Waals surface area contributed by atoms with E-state index in [4.69, 9.17) is 21.4 Å². The lowest BCUT2D eigenvalue weighted by Gasteiger charge is -2.10. The molecule has 0 unspecified atom stereocenters. The first-order valence-corrected chi connectivity index (χ1v) is 10.8. The van der Waals surface area contributed by atoms with Crippen LogP contribution in [0, 0.1) is 6.92 Å². The summed E-state index contributed by atoms with van der Waals surface area (Å²) in [6.45, 7) is 3.95. The van der Waals surface area contributed by atoms with E-state index in [1.165, 1.54) is 0 Å². The molecule has 2 aromatic carbocycles. The summed E-state index contributed by atoms with van der Waals surface area (Å²) in [5.74, 6) is -0.0371. The SMILES string of the molecule is CCOC(=O)c1nnc2c(-c3ccccc3)c(C)nn2c1CSc1ccc(Cl)cc1. The number of aromatic nitrogens is 4. The van der Waals surface area contributed by atoms with E-state index in [9.17, 15) is 4.79 Å². The Hall–Kier alpha value is -2.90. The highest BCUT2D eigenvalue weighted by Gasteiger charge is 2.23. The van der Waals surface area contributed by atoms with Gasteiger partial charge in [0.2, 0.25) is 0 Å². The van der Waals surface area contributed by atoms with E-state index in [-0.39, 0.29) is 12.3 Å². The van der Waals surface area contributed by atoms with Gasteiger partial charge in [-0.25, -0.2) is 9.31 Å². The molecule has 0 saturated heterocycles. The molecule has 0 aliphatic heterocycles. The molecule has 0 bridgehead atoms. The van der Waals surface area contributed by atoms with E-state index >= 15 is 0 Å². The maximum absolute atomic E-state index is 12.5. The van der Waals surface area contributed by atoms with Gasteiger partial charge in [0, 0.05) is 15.7 Å². The van der Waals surface area contributed by atoms with Crippen LogP contribution in [0.4, 0.5) is 0 Å². The minimum atomic E-state index is -0.506. The van der Waals surface area contributed by atoms with Gasteiger partial charge in [-0.3, -0.25) is 0 Å². The fourth-order valence-electron chi connectivity index (χ4n) is 3.16. The normalized spacial score (nSPS) is 11.0. The lowest BCUT2D eigenvalue weighted by molar-refractivity contribution is 0.0516. The van der Waals surface area contributed by atoms with Gasteiger partial charge >= 0.3 is 5.97 Å². The predicted octanol–water partition coefficient (Wildman–Crippen LogP) is 5.22. The van der Waals surface area contributed by atoms with E-state index < -0.39 is 5.97 Å². The second-order valence-electron chi connectivity index (χ2n) is 6.52. The number of hydrogen-bond acceptors (Lipinski definition) is 6. The molecule has 0 aliphatic rings. The summed E-state index contributed by atoms with van der Waals surface area (Å²) in [5.41, 5.74) is 4.14. The van der Waals surface area contributed by atoms with Crippen molar-refractivity contribution in [2.45, 2.75) is 24.5 Å². The summed E-state index contributed by atoms with van der Waals surface area (Å²) in [6, 6.07) is 17.5. The second kappa shape index (κ2) is 8.85. The zero-order valence-corrected chi connectivity index (χ0v) is 18.1. The number of nitrogens with zero attached hydrogens (tertiary/aromatic N) is 4. The molecule has 0 N–H and O–H groups in total. The number of fused-ring (bicyclic) bond motifs is 1. The highest BCUT2D eigenvalue weighted by Crippen LogP contribution is 2.30. The zero-order chi connectivity index (χ0) is 21.1.